The summed E-state index contributed by atoms with van der Waals surface area (Å²) >= 11 is 1.80. The first-order valence-corrected chi connectivity index (χ1v) is 9.84. The van der Waals surface area contributed by atoms with Crippen LogP contribution in [0.2, 0.25) is 0 Å². The van der Waals surface area contributed by atoms with E-state index in [4.69, 9.17) is 9.47 Å². The molecule has 1 amide bonds. The topological polar surface area (TPSA) is 38.8 Å². The number of amides is 1. The summed E-state index contributed by atoms with van der Waals surface area (Å²) < 4.78 is 10.6. The Bertz CT molecular complexity index is 751. The van der Waals surface area contributed by atoms with E-state index in [1.807, 2.05) is 4.90 Å². The molecule has 5 heteroatoms. The van der Waals surface area contributed by atoms with Crippen molar-refractivity contribution in [1.82, 2.24) is 4.90 Å². The monoisotopic (exact) mass is 371 g/mol. The smallest absolute Gasteiger partial charge is 0.255 e. The second-order valence-electron chi connectivity index (χ2n) is 6.64. The summed E-state index contributed by atoms with van der Waals surface area (Å²) in [4.78, 5) is 15.1. The van der Waals surface area contributed by atoms with Crippen molar-refractivity contribution in [1.29, 1.82) is 0 Å². The maximum Gasteiger partial charge on any atom is 0.255 e. The van der Waals surface area contributed by atoms with Crippen LogP contribution in [0.4, 0.5) is 0 Å². The van der Waals surface area contributed by atoms with Gasteiger partial charge >= 0.3 is 0 Å². The van der Waals surface area contributed by atoms with Gasteiger partial charge in [0.15, 0.2) is 0 Å². The predicted molar refractivity (Wildman–Crippen MR) is 106 cm³/mol. The SMILES string of the molecule is COc1cc(OC)cc(C(=O)N2CCSC2c2ccc(C(C)C)cc2)c1. The van der Waals surface area contributed by atoms with Crippen LogP contribution < -0.4 is 9.47 Å². The molecule has 1 fully saturated rings. The Hall–Kier alpha value is -2.14. The molecule has 1 saturated heterocycles. The van der Waals surface area contributed by atoms with Gasteiger partial charge in [0.2, 0.25) is 0 Å². The Morgan fingerprint density at radius 1 is 1.08 bits per heavy atom. The Balaban J connectivity index is 1.86. The molecule has 1 aliphatic rings. The van der Waals surface area contributed by atoms with Crippen molar-refractivity contribution in [2.45, 2.75) is 25.1 Å². The lowest BCUT2D eigenvalue weighted by atomic mass is 10.0. The molecule has 0 N–H and O–H groups in total. The van der Waals surface area contributed by atoms with Gasteiger partial charge in [-0.1, -0.05) is 38.1 Å². The van der Waals surface area contributed by atoms with Gasteiger partial charge in [0.1, 0.15) is 16.9 Å². The van der Waals surface area contributed by atoms with E-state index in [2.05, 4.69) is 38.1 Å². The van der Waals surface area contributed by atoms with Crippen LogP contribution in [0.3, 0.4) is 0 Å². The van der Waals surface area contributed by atoms with Crippen molar-refractivity contribution in [3.63, 3.8) is 0 Å². The van der Waals surface area contributed by atoms with Crippen LogP contribution >= 0.6 is 11.8 Å². The van der Waals surface area contributed by atoms with Gasteiger partial charge < -0.3 is 14.4 Å². The average Bonchev–Trinajstić information content (AvgIpc) is 3.16. The summed E-state index contributed by atoms with van der Waals surface area (Å²) in [5.41, 5.74) is 3.07. The zero-order chi connectivity index (χ0) is 18.7. The third kappa shape index (κ3) is 3.83. The molecular weight excluding hydrogens is 346 g/mol. The molecule has 26 heavy (non-hydrogen) atoms. The van der Waals surface area contributed by atoms with Crippen molar-refractivity contribution in [2.24, 2.45) is 0 Å². The van der Waals surface area contributed by atoms with Crippen molar-refractivity contribution < 1.29 is 14.3 Å². The summed E-state index contributed by atoms with van der Waals surface area (Å²) in [5.74, 6) is 2.69. The number of methoxy groups -OCH3 is 2. The van der Waals surface area contributed by atoms with Gasteiger partial charge in [-0.25, -0.2) is 0 Å². The lowest BCUT2D eigenvalue weighted by molar-refractivity contribution is 0.0759. The van der Waals surface area contributed by atoms with E-state index in [1.165, 1.54) is 11.1 Å². The molecule has 0 spiro atoms. The summed E-state index contributed by atoms with van der Waals surface area (Å²) in [6, 6.07) is 13.9. The highest BCUT2D eigenvalue weighted by molar-refractivity contribution is 7.99. The molecule has 4 nitrogen and oxygen atoms in total. The number of nitrogens with zero attached hydrogens (tertiary/aromatic N) is 1. The van der Waals surface area contributed by atoms with E-state index in [-0.39, 0.29) is 11.3 Å². The van der Waals surface area contributed by atoms with Crippen molar-refractivity contribution in [2.75, 3.05) is 26.5 Å². The first kappa shape index (κ1) is 18.6. The lowest BCUT2D eigenvalue weighted by Gasteiger charge is -2.25. The number of carbonyl (C=O) groups excluding carboxylic acids is 1. The fourth-order valence-electron chi connectivity index (χ4n) is 3.10. The highest BCUT2D eigenvalue weighted by Crippen LogP contribution is 2.39. The van der Waals surface area contributed by atoms with Gasteiger partial charge in [-0.3, -0.25) is 4.79 Å². The van der Waals surface area contributed by atoms with E-state index in [0.29, 0.717) is 23.0 Å². The van der Waals surface area contributed by atoms with Crippen LogP contribution in [-0.4, -0.2) is 37.3 Å². The zero-order valence-corrected chi connectivity index (χ0v) is 16.5. The third-order valence-electron chi connectivity index (χ3n) is 4.64. The molecule has 0 bridgehead atoms. The van der Waals surface area contributed by atoms with Gasteiger partial charge in [-0.2, -0.15) is 0 Å². The Labute approximate surface area is 159 Å². The number of benzene rings is 2. The Kier molecular flexibility index (Phi) is 5.77. The quantitative estimate of drug-likeness (QED) is 0.763. The molecule has 138 valence electrons. The molecule has 0 radical (unpaired) electrons. The summed E-state index contributed by atoms with van der Waals surface area (Å²) in [6.07, 6.45) is 0. The minimum Gasteiger partial charge on any atom is -0.497 e. The molecule has 0 aliphatic carbocycles. The first-order valence-electron chi connectivity index (χ1n) is 8.79. The van der Waals surface area contributed by atoms with Crippen molar-refractivity contribution in [3.05, 3.63) is 59.2 Å². The van der Waals surface area contributed by atoms with Gasteiger partial charge in [-0.15, -0.1) is 11.8 Å². The second-order valence-corrected chi connectivity index (χ2v) is 7.83. The number of carbonyl (C=O) groups is 1. The van der Waals surface area contributed by atoms with E-state index >= 15 is 0 Å². The second kappa shape index (κ2) is 8.04. The third-order valence-corrected chi connectivity index (χ3v) is 5.90. The number of rotatable bonds is 5. The maximum absolute atomic E-state index is 13.1. The number of hydrogen-bond donors (Lipinski definition) is 0. The summed E-state index contributed by atoms with van der Waals surface area (Å²) in [5, 5.41) is 0.0425. The van der Waals surface area contributed by atoms with E-state index < -0.39 is 0 Å². The van der Waals surface area contributed by atoms with Crippen LogP contribution in [-0.2, 0) is 0 Å². The molecule has 1 atom stereocenters. The molecule has 1 unspecified atom stereocenters. The van der Waals surface area contributed by atoms with Crippen LogP contribution in [0.15, 0.2) is 42.5 Å². The molecule has 1 aliphatic heterocycles. The van der Waals surface area contributed by atoms with Crippen LogP contribution in [0.5, 0.6) is 11.5 Å². The standard InChI is InChI=1S/C21H25NO3S/c1-14(2)15-5-7-16(8-6-15)21-22(9-10-26-21)20(23)17-11-18(24-3)13-19(12-17)25-4/h5-8,11-14,21H,9-10H2,1-4H3. The summed E-state index contributed by atoms with van der Waals surface area (Å²) in [6.45, 7) is 5.11. The van der Waals surface area contributed by atoms with Crippen molar-refractivity contribution >= 4 is 17.7 Å². The average molecular weight is 372 g/mol. The minimum absolute atomic E-state index is 0.00476. The van der Waals surface area contributed by atoms with E-state index in [9.17, 15) is 4.79 Å². The lowest BCUT2D eigenvalue weighted by Crippen LogP contribution is -2.30. The van der Waals surface area contributed by atoms with E-state index in [1.54, 1.807) is 44.2 Å². The molecule has 1 heterocycles. The van der Waals surface area contributed by atoms with Crippen LogP contribution in [0, 0.1) is 0 Å². The van der Waals surface area contributed by atoms with Crippen LogP contribution in [0.25, 0.3) is 0 Å². The Morgan fingerprint density at radius 2 is 1.69 bits per heavy atom. The molecule has 0 saturated carbocycles. The molecule has 0 aromatic heterocycles. The maximum atomic E-state index is 13.1. The summed E-state index contributed by atoms with van der Waals surface area (Å²) in [7, 11) is 3.18. The molecular formula is C21H25NO3S. The predicted octanol–water partition coefficient (Wildman–Crippen LogP) is 4.72. The van der Waals surface area contributed by atoms with Crippen molar-refractivity contribution in [3.8, 4) is 11.5 Å². The largest absolute Gasteiger partial charge is 0.497 e. The zero-order valence-electron chi connectivity index (χ0n) is 15.7. The highest BCUT2D eigenvalue weighted by atomic mass is 32.2. The van der Waals surface area contributed by atoms with Gasteiger partial charge in [0.25, 0.3) is 5.91 Å². The van der Waals surface area contributed by atoms with E-state index in [0.717, 1.165) is 12.3 Å². The Morgan fingerprint density at radius 3 is 2.23 bits per heavy atom. The fourth-order valence-corrected chi connectivity index (χ4v) is 4.35. The number of hydrogen-bond acceptors (Lipinski definition) is 4. The molecule has 2 aromatic carbocycles. The van der Waals surface area contributed by atoms with Gasteiger partial charge in [0, 0.05) is 23.9 Å². The number of ether oxygens (including phenoxy) is 2. The fraction of sp³-hybridized carbons (Fsp3) is 0.381. The van der Waals surface area contributed by atoms with Crippen LogP contribution in [0.1, 0.15) is 46.6 Å². The number of thioether (sulfide) groups is 1. The van der Waals surface area contributed by atoms with Gasteiger partial charge in [-0.05, 0) is 29.2 Å². The van der Waals surface area contributed by atoms with Gasteiger partial charge in [0.05, 0.1) is 14.2 Å². The minimum atomic E-state index is 0.00476. The molecule has 2 aromatic rings. The highest BCUT2D eigenvalue weighted by Gasteiger charge is 2.31. The first-order chi connectivity index (χ1) is 12.5. The molecule has 3 rings (SSSR count). The normalized spacial score (nSPS) is 16.8.